The van der Waals surface area contributed by atoms with Crippen LogP contribution in [0.2, 0.25) is 5.02 Å². The minimum Gasteiger partial charge on any atom is -0.495 e. The van der Waals surface area contributed by atoms with Gasteiger partial charge >= 0.3 is 0 Å². The molecule has 0 N–H and O–H groups in total. The average Bonchev–Trinajstić information content (AvgIpc) is 3.13. The van der Waals surface area contributed by atoms with E-state index in [-0.39, 0.29) is 11.5 Å². The van der Waals surface area contributed by atoms with Gasteiger partial charge in [-0.2, -0.15) is 0 Å². The van der Waals surface area contributed by atoms with E-state index in [0.717, 1.165) is 10.9 Å². The fourth-order valence-corrected chi connectivity index (χ4v) is 2.79. The number of carbonyl (C=O) groups is 1. The molecule has 2 aromatic carbocycles. The molecule has 0 atom stereocenters. The van der Waals surface area contributed by atoms with Crippen LogP contribution in [0.5, 0.6) is 11.5 Å². The summed E-state index contributed by atoms with van der Waals surface area (Å²) < 4.78 is 16.5. The highest BCUT2D eigenvalue weighted by molar-refractivity contribution is 6.30. The van der Waals surface area contributed by atoms with E-state index < -0.39 is 0 Å². The summed E-state index contributed by atoms with van der Waals surface area (Å²) in [5.41, 5.74) is 1.86. The highest BCUT2D eigenvalue weighted by Gasteiger charge is 2.33. The second-order valence-corrected chi connectivity index (χ2v) is 5.54. The van der Waals surface area contributed by atoms with Gasteiger partial charge in [0.05, 0.1) is 18.8 Å². The monoisotopic (exact) mass is 326 g/mol. The maximum absolute atomic E-state index is 12.7. The number of ether oxygens (including phenoxy) is 2. The van der Waals surface area contributed by atoms with Crippen LogP contribution in [0.3, 0.4) is 0 Å². The summed E-state index contributed by atoms with van der Waals surface area (Å²) in [6, 6.07) is 10.6. The maximum atomic E-state index is 12.7. The Morgan fingerprint density at radius 1 is 1.17 bits per heavy atom. The number of Topliss-reactive ketones (excluding diaryl/α,β-unsaturated/α-hetero) is 1. The molecule has 4 nitrogen and oxygen atoms in total. The van der Waals surface area contributed by atoms with E-state index in [1.165, 1.54) is 7.11 Å². The first-order valence-electron chi connectivity index (χ1n) is 6.95. The standard InChI is InChI=1S/C18H11ClO4/c1-21-18-12-6-7-22-13(12)9-14-16(18)17(20)15(23-14)8-10-2-4-11(19)5-3-10/h2-9H,1H3/b15-8+. The van der Waals surface area contributed by atoms with E-state index in [2.05, 4.69) is 0 Å². The Bertz CT molecular complexity index is 951. The van der Waals surface area contributed by atoms with Crippen molar-refractivity contribution in [2.45, 2.75) is 0 Å². The number of rotatable bonds is 2. The molecule has 5 heteroatoms. The normalized spacial score (nSPS) is 15.0. The topological polar surface area (TPSA) is 48.7 Å². The van der Waals surface area contributed by atoms with Crippen LogP contribution >= 0.6 is 11.6 Å². The number of allylic oxidation sites excluding steroid dienone is 1. The molecule has 4 rings (SSSR count). The third-order valence-electron chi connectivity index (χ3n) is 3.72. The van der Waals surface area contributed by atoms with Crippen LogP contribution in [0.15, 0.2) is 52.8 Å². The van der Waals surface area contributed by atoms with Gasteiger partial charge in [0, 0.05) is 11.1 Å². The third kappa shape index (κ3) is 2.19. The first kappa shape index (κ1) is 13.9. The number of fused-ring (bicyclic) bond motifs is 2. The zero-order valence-electron chi connectivity index (χ0n) is 12.1. The summed E-state index contributed by atoms with van der Waals surface area (Å²) in [6.45, 7) is 0. The lowest BCUT2D eigenvalue weighted by molar-refractivity contribution is 0.101. The molecule has 0 unspecified atom stereocenters. The van der Waals surface area contributed by atoms with Gasteiger partial charge in [0.15, 0.2) is 5.76 Å². The van der Waals surface area contributed by atoms with E-state index in [1.807, 2.05) is 12.1 Å². The number of carbonyl (C=O) groups excluding carboxylic acids is 1. The Hall–Kier alpha value is -2.72. The van der Waals surface area contributed by atoms with Gasteiger partial charge in [-0.05, 0) is 29.8 Å². The second kappa shape index (κ2) is 5.18. The van der Waals surface area contributed by atoms with E-state index in [1.54, 1.807) is 36.6 Å². The fourth-order valence-electron chi connectivity index (χ4n) is 2.66. The number of ketones is 1. The van der Waals surface area contributed by atoms with Crippen LogP contribution in [-0.4, -0.2) is 12.9 Å². The Labute approximate surface area is 136 Å². The smallest absolute Gasteiger partial charge is 0.235 e. The first-order chi connectivity index (χ1) is 11.2. The van der Waals surface area contributed by atoms with E-state index >= 15 is 0 Å². The number of benzene rings is 2. The van der Waals surface area contributed by atoms with Crippen molar-refractivity contribution in [3.05, 3.63) is 64.6 Å². The highest BCUT2D eigenvalue weighted by Crippen LogP contribution is 2.43. The predicted molar refractivity (Wildman–Crippen MR) is 87.2 cm³/mol. The van der Waals surface area contributed by atoms with Gasteiger partial charge in [0.2, 0.25) is 5.78 Å². The molecular weight excluding hydrogens is 316 g/mol. The SMILES string of the molecule is COc1c2c(cc3occc13)O/C(=C/c1ccc(Cl)cc1)C2=O. The molecule has 1 aliphatic heterocycles. The van der Waals surface area contributed by atoms with Gasteiger partial charge in [0.25, 0.3) is 0 Å². The summed E-state index contributed by atoms with van der Waals surface area (Å²) >= 11 is 5.87. The summed E-state index contributed by atoms with van der Waals surface area (Å²) in [6.07, 6.45) is 3.23. The largest absolute Gasteiger partial charge is 0.495 e. The van der Waals surface area contributed by atoms with Crippen LogP contribution in [0.1, 0.15) is 15.9 Å². The molecule has 0 radical (unpaired) electrons. The van der Waals surface area contributed by atoms with Crippen molar-refractivity contribution >= 4 is 34.4 Å². The third-order valence-corrected chi connectivity index (χ3v) is 3.97. The molecule has 1 aromatic heterocycles. The predicted octanol–water partition coefficient (Wildman–Crippen LogP) is 4.71. The van der Waals surface area contributed by atoms with E-state index in [0.29, 0.717) is 27.7 Å². The molecule has 3 aromatic rings. The number of methoxy groups -OCH3 is 1. The van der Waals surface area contributed by atoms with E-state index in [4.69, 9.17) is 25.5 Å². The van der Waals surface area contributed by atoms with Crippen LogP contribution in [0.4, 0.5) is 0 Å². The molecule has 23 heavy (non-hydrogen) atoms. The Morgan fingerprint density at radius 2 is 1.96 bits per heavy atom. The van der Waals surface area contributed by atoms with Crippen LogP contribution in [0, 0.1) is 0 Å². The number of halogens is 1. The van der Waals surface area contributed by atoms with Crippen molar-refractivity contribution in [3.8, 4) is 11.5 Å². The molecule has 114 valence electrons. The molecular formula is C18H11ClO4. The van der Waals surface area contributed by atoms with Gasteiger partial charge in [-0.3, -0.25) is 4.79 Å². The van der Waals surface area contributed by atoms with Crippen molar-refractivity contribution < 1.29 is 18.7 Å². The highest BCUT2D eigenvalue weighted by atomic mass is 35.5. The number of furan rings is 1. The van der Waals surface area contributed by atoms with Crippen molar-refractivity contribution in [1.82, 2.24) is 0 Å². The lowest BCUT2D eigenvalue weighted by Gasteiger charge is -2.04. The summed E-state index contributed by atoms with van der Waals surface area (Å²) in [7, 11) is 1.52. The molecule has 0 bridgehead atoms. The second-order valence-electron chi connectivity index (χ2n) is 5.11. The Morgan fingerprint density at radius 3 is 2.70 bits per heavy atom. The number of hydrogen-bond donors (Lipinski definition) is 0. The summed E-state index contributed by atoms with van der Waals surface area (Å²) in [5.74, 6) is 0.938. The van der Waals surface area contributed by atoms with Gasteiger partial charge < -0.3 is 13.9 Å². The molecule has 0 saturated heterocycles. The van der Waals surface area contributed by atoms with Gasteiger partial charge in [-0.15, -0.1) is 0 Å². The molecule has 1 aliphatic rings. The van der Waals surface area contributed by atoms with Gasteiger partial charge in [-0.25, -0.2) is 0 Å². The van der Waals surface area contributed by atoms with Crippen LogP contribution in [-0.2, 0) is 0 Å². The van der Waals surface area contributed by atoms with Crippen molar-refractivity contribution in [1.29, 1.82) is 0 Å². The molecule has 0 aliphatic carbocycles. The van der Waals surface area contributed by atoms with Gasteiger partial charge in [-0.1, -0.05) is 23.7 Å². The molecule has 0 spiro atoms. The Kier molecular flexibility index (Phi) is 3.13. The van der Waals surface area contributed by atoms with Crippen molar-refractivity contribution in [3.63, 3.8) is 0 Å². The maximum Gasteiger partial charge on any atom is 0.235 e. The van der Waals surface area contributed by atoms with Crippen molar-refractivity contribution in [2.75, 3.05) is 7.11 Å². The molecule has 0 fully saturated rings. The lowest BCUT2D eigenvalue weighted by atomic mass is 10.1. The van der Waals surface area contributed by atoms with E-state index in [9.17, 15) is 4.79 Å². The fraction of sp³-hybridized carbons (Fsp3) is 0.0556. The first-order valence-corrected chi connectivity index (χ1v) is 7.33. The van der Waals surface area contributed by atoms with Crippen LogP contribution in [0.25, 0.3) is 17.0 Å². The summed E-state index contributed by atoms with van der Waals surface area (Å²) in [4.78, 5) is 12.7. The molecule has 0 saturated carbocycles. The zero-order valence-corrected chi connectivity index (χ0v) is 12.9. The quantitative estimate of drug-likeness (QED) is 0.640. The van der Waals surface area contributed by atoms with Crippen molar-refractivity contribution in [2.24, 2.45) is 0 Å². The number of hydrogen-bond acceptors (Lipinski definition) is 4. The zero-order chi connectivity index (χ0) is 16.0. The Balaban J connectivity index is 1.83. The lowest BCUT2D eigenvalue weighted by Crippen LogP contribution is -2.00. The average molecular weight is 327 g/mol. The minimum absolute atomic E-state index is 0.213. The van der Waals surface area contributed by atoms with Crippen LogP contribution < -0.4 is 9.47 Å². The molecule has 0 amide bonds. The van der Waals surface area contributed by atoms with Gasteiger partial charge in [0.1, 0.15) is 22.6 Å². The minimum atomic E-state index is -0.213. The summed E-state index contributed by atoms with van der Waals surface area (Å²) in [5, 5.41) is 1.38. The molecule has 2 heterocycles.